The Morgan fingerprint density at radius 2 is 2.00 bits per heavy atom. The highest BCUT2D eigenvalue weighted by Crippen LogP contribution is 2.39. The number of carbonyl (C=O) groups is 3. The third-order valence-electron chi connectivity index (χ3n) is 4.35. The van der Waals surface area contributed by atoms with Crippen LogP contribution in [0.1, 0.15) is 54.9 Å². The number of primary amides is 1. The molecule has 130 valence electrons. The van der Waals surface area contributed by atoms with Gasteiger partial charge in [-0.05, 0) is 48.4 Å². The van der Waals surface area contributed by atoms with Crippen molar-refractivity contribution in [3.05, 3.63) is 51.4 Å². The number of rotatable bonds is 4. The minimum Gasteiger partial charge on any atom is -0.545 e. The molecule has 0 radical (unpaired) electrons. The van der Waals surface area contributed by atoms with E-state index in [4.69, 9.17) is 5.73 Å². The number of nitrogens with two attached hydrogens (primary N) is 1. The number of hydrogen-bond acceptors (Lipinski definition) is 5. The molecule has 0 saturated heterocycles. The van der Waals surface area contributed by atoms with Gasteiger partial charge in [-0.1, -0.05) is 19.1 Å². The van der Waals surface area contributed by atoms with Crippen molar-refractivity contribution in [2.45, 2.75) is 26.2 Å². The largest absolute Gasteiger partial charge is 0.545 e. The molecule has 1 atom stereocenters. The van der Waals surface area contributed by atoms with Gasteiger partial charge in [0.15, 0.2) is 0 Å². The summed E-state index contributed by atoms with van der Waals surface area (Å²) in [5.74, 6) is -1.88. The molecule has 1 heterocycles. The van der Waals surface area contributed by atoms with Gasteiger partial charge in [0.25, 0.3) is 11.8 Å². The Hall–Kier alpha value is -2.67. The van der Waals surface area contributed by atoms with Gasteiger partial charge in [-0.2, -0.15) is 0 Å². The zero-order valence-corrected chi connectivity index (χ0v) is 14.4. The average Bonchev–Trinajstić information content (AvgIpc) is 2.91. The van der Waals surface area contributed by atoms with Crippen LogP contribution in [0.15, 0.2) is 24.3 Å². The van der Waals surface area contributed by atoms with Crippen LogP contribution in [0, 0.1) is 5.92 Å². The average molecular weight is 357 g/mol. The van der Waals surface area contributed by atoms with Crippen molar-refractivity contribution in [1.82, 2.24) is 0 Å². The molecule has 25 heavy (non-hydrogen) atoms. The van der Waals surface area contributed by atoms with Gasteiger partial charge in [0.1, 0.15) is 5.00 Å². The summed E-state index contributed by atoms with van der Waals surface area (Å²) >= 11 is 1.37. The Labute approximate surface area is 148 Å². The molecular weight excluding hydrogens is 340 g/mol. The molecule has 1 aromatic heterocycles. The van der Waals surface area contributed by atoms with E-state index in [-0.39, 0.29) is 11.1 Å². The summed E-state index contributed by atoms with van der Waals surface area (Å²) in [4.78, 5) is 36.4. The van der Waals surface area contributed by atoms with Crippen LogP contribution < -0.4 is 16.2 Å². The molecule has 0 saturated carbocycles. The van der Waals surface area contributed by atoms with E-state index in [0.29, 0.717) is 16.5 Å². The fourth-order valence-corrected chi connectivity index (χ4v) is 4.47. The molecule has 1 aliphatic carbocycles. The summed E-state index contributed by atoms with van der Waals surface area (Å²) in [5, 5.41) is 14.1. The van der Waals surface area contributed by atoms with Crippen molar-refractivity contribution in [2.75, 3.05) is 5.32 Å². The quantitative estimate of drug-likeness (QED) is 0.865. The summed E-state index contributed by atoms with van der Waals surface area (Å²) in [6.07, 6.45) is 2.60. The number of benzene rings is 1. The molecule has 2 aromatic rings. The number of fused-ring (bicyclic) bond motifs is 1. The van der Waals surface area contributed by atoms with E-state index in [2.05, 4.69) is 12.2 Å². The van der Waals surface area contributed by atoms with Gasteiger partial charge in [-0.25, -0.2) is 0 Å². The monoisotopic (exact) mass is 357 g/mol. The smallest absolute Gasteiger partial charge is 0.256 e. The Kier molecular flexibility index (Phi) is 4.59. The predicted octanol–water partition coefficient (Wildman–Crippen LogP) is 1.59. The number of aromatic carboxylic acids is 1. The Morgan fingerprint density at radius 1 is 1.28 bits per heavy atom. The highest BCUT2D eigenvalue weighted by atomic mass is 32.1. The molecule has 2 amide bonds. The van der Waals surface area contributed by atoms with Crippen LogP contribution >= 0.6 is 11.3 Å². The second kappa shape index (κ2) is 6.68. The number of hydrogen-bond donors (Lipinski definition) is 2. The predicted molar refractivity (Wildman–Crippen MR) is 92.8 cm³/mol. The molecule has 3 rings (SSSR count). The third-order valence-corrected chi connectivity index (χ3v) is 5.52. The molecule has 0 unspecified atom stereocenters. The van der Waals surface area contributed by atoms with Crippen molar-refractivity contribution in [3.63, 3.8) is 0 Å². The number of amides is 2. The SMILES string of the molecule is C[C@H]1CCc2c(sc(NC(=O)c3cccc(C(=O)[O-])c3)c2C(N)=O)C1. The molecule has 6 nitrogen and oxygen atoms in total. The highest BCUT2D eigenvalue weighted by molar-refractivity contribution is 7.17. The lowest BCUT2D eigenvalue weighted by Crippen LogP contribution is -2.23. The molecule has 3 N–H and O–H groups in total. The lowest BCUT2D eigenvalue weighted by molar-refractivity contribution is -0.255. The summed E-state index contributed by atoms with van der Waals surface area (Å²) in [7, 11) is 0. The van der Waals surface area contributed by atoms with Crippen LogP contribution in [0.3, 0.4) is 0 Å². The molecule has 0 aliphatic heterocycles. The second-order valence-corrected chi connectivity index (χ2v) is 7.35. The molecule has 0 bridgehead atoms. The zero-order valence-electron chi connectivity index (χ0n) is 13.6. The first-order chi connectivity index (χ1) is 11.9. The number of carboxylic acid groups (broad SMARTS) is 1. The van der Waals surface area contributed by atoms with Gasteiger partial charge in [0, 0.05) is 10.4 Å². The molecule has 7 heteroatoms. The van der Waals surface area contributed by atoms with Crippen LogP contribution in [0.2, 0.25) is 0 Å². The van der Waals surface area contributed by atoms with E-state index in [1.165, 1.54) is 35.6 Å². The maximum absolute atomic E-state index is 12.5. The first-order valence-electron chi connectivity index (χ1n) is 7.94. The number of nitrogens with one attached hydrogen (secondary N) is 1. The summed E-state index contributed by atoms with van der Waals surface area (Å²) < 4.78 is 0. The summed E-state index contributed by atoms with van der Waals surface area (Å²) in [5.41, 5.74) is 6.92. The highest BCUT2D eigenvalue weighted by Gasteiger charge is 2.27. The van der Waals surface area contributed by atoms with E-state index in [1.807, 2.05) is 0 Å². The Bertz CT molecular complexity index is 872. The van der Waals surface area contributed by atoms with E-state index in [0.717, 1.165) is 29.7 Å². The van der Waals surface area contributed by atoms with E-state index >= 15 is 0 Å². The van der Waals surface area contributed by atoms with Crippen molar-refractivity contribution in [1.29, 1.82) is 0 Å². The normalized spacial score (nSPS) is 16.1. The molecule has 1 aromatic carbocycles. The molecule has 1 aliphatic rings. The molecule has 0 fully saturated rings. The Morgan fingerprint density at radius 3 is 2.68 bits per heavy atom. The maximum Gasteiger partial charge on any atom is 0.256 e. The van der Waals surface area contributed by atoms with Crippen molar-refractivity contribution < 1.29 is 19.5 Å². The first kappa shape index (κ1) is 17.2. The van der Waals surface area contributed by atoms with Crippen LogP contribution in [0.5, 0.6) is 0 Å². The van der Waals surface area contributed by atoms with Crippen LogP contribution in [0.25, 0.3) is 0 Å². The fourth-order valence-electron chi connectivity index (χ4n) is 3.06. The molecule has 0 spiro atoms. The van der Waals surface area contributed by atoms with E-state index in [9.17, 15) is 19.5 Å². The summed E-state index contributed by atoms with van der Waals surface area (Å²) in [6, 6.07) is 5.56. The minimum absolute atomic E-state index is 0.0814. The maximum atomic E-state index is 12.5. The lowest BCUT2D eigenvalue weighted by atomic mass is 9.88. The van der Waals surface area contributed by atoms with Gasteiger partial charge >= 0.3 is 0 Å². The van der Waals surface area contributed by atoms with Crippen molar-refractivity contribution >= 4 is 34.1 Å². The van der Waals surface area contributed by atoms with Gasteiger partial charge in [0.05, 0.1) is 11.5 Å². The van der Waals surface area contributed by atoms with Crippen LogP contribution in [-0.4, -0.2) is 17.8 Å². The topological polar surface area (TPSA) is 112 Å². The van der Waals surface area contributed by atoms with E-state index < -0.39 is 17.8 Å². The van der Waals surface area contributed by atoms with Gasteiger partial charge in [-0.15, -0.1) is 11.3 Å². The first-order valence-corrected chi connectivity index (χ1v) is 8.75. The number of carboxylic acids is 1. The van der Waals surface area contributed by atoms with Gasteiger partial charge in [-0.3, -0.25) is 9.59 Å². The van der Waals surface area contributed by atoms with Gasteiger partial charge < -0.3 is 21.0 Å². The minimum atomic E-state index is -1.35. The second-order valence-electron chi connectivity index (χ2n) is 6.24. The van der Waals surface area contributed by atoms with Crippen LogP contribution in [-0.2, 0) is 12.8 Å². The molecular formula is C18H17N2O4S-. The summed E-state index contributed by atoms with van der Waals surface area (Å²) in [6.45, 7) is 2.15. The fraction of sp³-hybridized carbons (Fsp3) is 0.278. The van der Waals surface area contributed by atoms with Gasteiger partial charge in [0.2, 0.25) is 0 Å². The zero-order chi connectivity index (χ0) is 18.1. The van der Waals surface area contributed by atoms with Crippen molar-refractivity contribution in [3.8, 4) is 0 Å². The van der Waals surface area contributed by atoms with Crippen LogP contribution in [0.4, 0.5) is 5.00 Å². The Balaban J connectivity index is 1.92. The lowest BCUT2D eigenvalue weighted by Gasteiger charge is -2.18. The van der Waals surface area contributed by atoms with Crippen molar-refractivity contribution in [2.24, 2.45) is 11.7 Å². The number of anilines is 1. The standard InChI is InChI=1S/C18H18N2O4S/c1-9-5-6-12-13(7-9)25-17(14(12)15(19)21)20-16(22)10-3-2-4-11(8-10)18(23)24/h2-4,8-9H,5-7H2,1H3,(H2,19,21)(H,20,22)(H,23,24)/p-1/t9-/m0/s1. The third kappa shape index (κ3) is 3.41. The number of thiophene rings is 1. The number of carbonyl (C=O) groups excluding carboxylic acids is 3. The van der Waals surface area contributed by atoms with E-state index in [1.54, 1.807) is 0 Å².